The van der Waals surface area contributed by atoms with E-state index in [1.54, 1.807) is 18.2 Å². The zero-order valence-corrected chi connectivity index (χ0v) is 17.3. The second-order valence-electron chi connectivity index (χ2n) is 7.39. The van der Waals surface area contributed by atoms with Crippen LogP contribution in [0.5, 0.6) is 0 Å². The second kappa shape index (κ2) is 9.88. The average molecular weight is 432 g/mol. The number of unbranched alkanes of at least 4 members (excludes halogenated alkanes) is 4. The topological polar surface area (TPSA) is 121 Å². The highest BCUT2D eigenvalue weighted by Crippen LogP contribution is 2.34. The summed E-state index contributed by atoms with van der Waals surface area (Å²) in [4.78, 5) is 61.5. The van der Waals surface area contributed by atoms with Crippen molar-refractivity contribution in [3.8, 4) is 0 Å². The summed E-state index contributed by atoms with van der Waals surface area (Å²) in [5, 5.41) is 10.8. The Kier molecular flexibility index (Phi) is 7.25. The number of hydrogen-bond donors (Lipinski definition) is 2. The number of carbonyl (C=O) groups is 5. The lowest BCUT2D eigenvalue weighted by Crippen LogP contribution is -2.54. The number of piperidine rings is 1. The highest BCUT2D eigenvalue weighted by atomic mass is 32.2. The maximum Gasteiger partial charge on any atom is 0.303 e. The predicted octanol–water partition coefficient (Wildman–Crippen LogP) is 2.61. The molecule has 2 heterocycles. The van der Waals surface area contributed by atoms with Gasteiger partial charge in [-0.05, 0) is 37.1 Å². The van der Waals surface area contributed by atoms with Gasteiger partial charge in [-0.1, -0.05) is 25.3 Å². The van der Waals surface area contributed by atoms with Gasteiger partial charge in [0.1, 0.15) is 6.04 Å². The minimum Gasteiger partial charge on any atom is -0.481 e. The first-order valence-electron chi connectivity index (χ1n) is 10.1. The van der Waals surface area contributed by atoms with Crippen LogP contribution in [0, 0.1) is 0 Å². The Hall–Kier alpha value is -2.68. The van der Waals surface area contributed by atoms with Gasteiger partial charge < -0.3 is 5.11 Å². The van der Waals surface area contributed by atoms with Crippen molar-refractivity contribution in [3.63, 3.8) is 0 Å². The number of benzene rings is 1. The van der Waals surface area contributed by atoms with Gasteiger partial charge in [-0.2, -0.15) is 0 Å². The molecule has 1 unspecified atom stereocenters. The molecule has 0 aromatic heterocycles. The Morgan fingerprint density at radius 3 is 2.53 bits per heavy atom. The number of carboxylic acids is 1. The molecule has 1 fully saturated rings. The molecule has 1 saturated heterocycles. The van der Waals surface area contributed by atoms with Gasteiger partial charge in [0.05, 0.1) is 11.1 Å². The minimum absolute atomic E-state index is 0.0951. The molecule has 3 rings (SSSR count). The Balaban J connectivity index is 1.58. The minimum atomic E-state index is -0.959. The van der Waals surface area contributed by atoms with Crippen molar-refractivity contribution < 1.29 is 29.1 Å². The van der Waals surface area contributed by atoms with Gasteiger partial charge in [0.2, 0.25) is 11.8 Å². The number of thioether (sulfide) groups is 1. The number of fused-ring (bicyclic) bond motifs is 1. The molecule has 160 valence electrons. The van der Waals surface area contributed by atoms with E-state index in [1.165, 1.54) is 11.8 Å². The van der Waals surface area contributed by atoms with E-state index in [9.17, 15) is 24.0 Å². The summed E-state index contributed by atoms with van der Waals surface area (Å²) in [5.74, 6) is -1.99. The van der Waals surface area contributed by atoms with Crippen molar-refractivity contribution in [2.24, 2.45) is 0 Å². The second-order valence-corrected chi connectivity index (χ2v) is 8.52. The molecule has 30 heavy (non-hydrogen) atoms. The van der Waals surface area contributed by atoms with Crippen LogP contribution in [-0.4, -0.2) is 51.4 Å². The number of amides is 4. The normalized spacial score (nSPS) is 18.5. The number of aliphatic carboxylic acids is 1. The summed E-state index contributed by atoms with van der Waals surface area (Å²) in [6.45, 7) is 0. The first kappa shape index (κ1) is 22.0. The molecule has 9 heteroatoms. The van der Waals surface area contributed by atoms with Crippen molar-refractivity contribution in [1.29, 1.82) is 0 Å². The number of imide groups is 2. The van der Waals surface area contributed by atoms with Crippen LogP contribution < -0.4 is 5.32 Å². The van der Waals surface area contributed by atoms with Gasteiger partial charge in [-0.25, -0.2) is 0 Å². The van der Waals surface area contributed by atoms with Crippen molar-refractivity contribution in [3.05, 3.63) is 29.3 Å². The molecule has 0 radical (unpaired) electrons. The molecule has 0 spiro atoms. The van der Waals surface area contributed by atoms with E-state index in [2.05, 4.69) is 5.32 Å². The third-order valence-electron chi connectivity index (χ3n) is 5.22. The van der Waals surface area contributed by atoms with Crippen LogP contribution in [0.1, 0.15) is 72.1 Å². The SMILES string of the molecule is O=C(O)CCCCCCCSc1cccc2c1C(=O)N(C1CCC(=O)NC1=O)C2=O. The monoisotopic (exact) mass is 432 g/mol. The molecular formula is C21H24N2O6S. The number of hydrogen-bond acceptors (Lipinski definition) is 6. The third-order valence-corrected chi connectivity index (χ3v) is 6.37. The molecule has 1 aromatic rings. The summed E-state index contributed by atoms with van der Waals surface area (Å²) in [6, 6.07) is 4.16. The van der Waals surface area contributed by atoms with Gasteiger partial charge in [0.15, 0.2) is 0 Å². The van der Waals surface area contributed by atoms with Crippen LogP contribution in [0.2, 0.25) is 0 Å². The Morgan fingerprint density at radius 1 is 1.07 bits per heavy atom. The average Bonchev–Trinajstić information content (AvgIpc) is 2.95. The smallest absolute Gasteiger partial charge is 0.303 e. The van der Waals surface area contributed by atoms with E-state index in [1.807, 2.05) is 0 Å². The molecule has 0 bridgehead atoms. The standard InChI is InChI=1S/C21H24N2O6S/c24-16-11-10-14(19(27)22-16)23-20(28)13-7-6-8-15(18(13)21(23)29)30-12-5-3-1-2-4-9-17(25)26/h6-8,14H,1-5,9-12H2,(H,25,26)(H,22,24,27). The van der Waals surface area contributed by atoms with E-state index in [0.29, 0.717) is 22.4 Å². The van der Waals surface area contributed by atoms with Gasteiger partial charge in [-0.3, -0.25) is 34.2 Å². The zero-order chi connectivity index (χ0) is 21.7. The Bertz CT molecular complexity index is 884. The Morgan fingerprint density at radius 2 is 1.80 bits per heavy atom. The lowest BCUT2D eigenvalue weighted by Gasteiger charge is -2.27. The molecule has 8 nitrogen and oxygen atoms in total. The van der Waals surface area contributed by atoms with Gasteiger partial charge >= 0.3 is 5.97 Å². The first-order chi connectivity index (χ1) is 14.4. The lowest BCUT2D eigenvalue weighted by atomic mass is 10.0. The van der Waals surface area contributed by atoms with Crippen LogP contribution >= 0.6 is 11.8 Å². The van der Waals surface area contributed by atoms with Gasteiger partial charge in [-0.15, -0.1) is 11.8 Å². The van der Waals surface area contributed by atoms with E-state index in [4.69, 9.17) is 5.11 Å². The van der Waals surface area contributed by atoms with Crippen LogP contribution in [0.25, 0.3) is 0 Å². The number of carbonyl (C=O) groups excluding carboxylic acids is 4. The van der Waals surface area contributed by atoms with E-state index in [-0.39, 0.29) is 19.3 Å². The fraction of sp³-hybridized carbons (Fsp3) is 0.476. The molecule has 2 N–H and O–H groups in total. The Labute approximate surface area is 178 Å². The molecule has 1 atom stereocenters. The van der Waals surface area contributed by atoms with Crippen LogP contribution in [0.15, 0.2) is 23.1 Å². The molecule has 2 aliphatic rings. The van der Waals surface area contributed by atoms with E-state index >= 15 is 0 Å². The molecule has 4 amide bonds. The largest absolute Gasteiger partial charge is 0.481 e. The van der Waals surface area contributed by atoms with Gasteiger partial charge in [0, 0.05) is 17.7 Å². The molecular weight excluding hydrogens is 408 g/mol. The fourth-order valence-corrected chi connectivity index (χ4v) is 4.78. The zero-order valence-electron chi connectivity index (χ0n) is 16.5. The highest BCUT2D eigenvalue weighted by Gasteiger charge is 2.45. The number of carboxylic acid groups (broad SMARTS) is 1. The highest BCUT2D eigenvalue weighted by molar-refractivity contribution is 7.99. The summed E-state index contributed by atoms with van der Waals surface area (Å²) in [5.41, 5.74) is 0.627. The molecule has 2 aliphatic heterocycles. The van der Waals surface area contributed by atoms with Crippen LogP contribution in [-0.2, 0) is 14.4 Å². The molecule has 0 aliphatic carbocycles. The molecule has 1 aromatic carbocycles. The van der Waals surface area contributed by atoms with Gasteiger partial charge in [0.25, 0.3) is 11.8 Å². The van der Waals surface area contributed by atoms with E-state index in [0.717, 1.165) is 36.3 Å². The summed E-state index contributed by atoms with van der Waals surface area (Å²) in [7, 11) is 0. The van der Waals surface area contributed by atoms with Crippen molar-refractivity contribution in [2.45, 2.75) is 62.3 Å². The summed E-state index contributed by atoms with van der Waals surface area (Å²) in [6.07, 6.45) is 4.84. The maximum absolute atomic E-state index is 13.0. The number of nitrogens with zero attached hydrogens (tertiary/aromatic N) is 1. The third kappa shape index (κ3) is 4.89. The fourth-order valence-electron chi connectivity index (χ4n) is 3.69. The quantitative estimate of drug-likeness (QED) is 0.331. The lowest BCUT2D eigenvalue weighted by molar-refractivity contribution is -0.138. The number of nitrogens with one attached hydrogen (secondary N) is 1. The van der Waals surface area contributed by atoms with Crippen molar-refractivity contribution >= 4 is 41.4 Å². The van der Waals surface area contributed by atoms with E-state index < -0.39 is 35.6 Å². The summed E-state index contributed by atoms with van der Waals surface area (Å²) < 4.78 is 0. The van der Waals surface area contributed by atoms with Crippen LogP contribution in [0.3, 0.4) is 0 Å². The van der Waals surface area contributed by atoms with Crippen molar-refractivity contribution in [2.75, 3.05) is 5.75 Å². The van der Waals surface area contributed by atoms with Crippen molar-refractivity contribution in [1.82, 2.24) is 10.2 Å². The summed E-state index contributed by atoms with van der Waals surface area (Å²) >= 11 is 1.50. The first-order valence-corrected chi connectivity index (χ1v) is 11.1. The molecule has 0 saturated carbocycles. The van der Waals surface area contributed by atoms with Crippen LogP contribution in [0.4, 0.5) is 0 Å². The maximum atomic E-state index is 13.0. The number of rotatable bonds is 10. The predicted molar refractivity (Wildman–Crippen MR) is 109 cm³/mol.